The summed E-state index contributed by atoms with van der Waals surface area (Å²) in [5, 5.41) is 11.2. The summed E-state index contributed by atoms with van der Waals surface area (Å²) in [6, 6.07) is 0.165. The van der Waals surface area contributed by atoms with Crippen LogP contribution in [0.2, 0.25) is 0 Å². The van der Waals surface area contributed by atoms with E-state index in [1.165, 1.54) is 0 Å². The highest BCUT2D eigenvalue weighted by molar-refractivity contribution is 5.68. The second-order valence-corrected chi connectivity index (χ2v) is 7.33. The Morgan fingerprint density at radius 3 is 2.36 bits per heavy atom. The Labute approximate surface area is 132 Å². The summed E-state index contributed by atoms with van der Waals surface area (Å²) in [5.41, 5.74) is -0.460. The predicted molar refractivity (Wildman–Crippen MR) is 82.8 cm³/mol. The van der Waals surface area contributed by atoms with Crippen molar-refractivity contribution in [1.82, 2.24) is 15.5 Å². The molecule has 22 heavy (non-hydrogen) atoms. The van der Waals surface area contributed by atoms with Gasteiger partial charge in [0.2, 0.25) is 11.8 Å². The van der Waals surface area contributed by atoms with E-state index < -0.39 is 5.60 Å². The zero-order valence-electron chi connectivity index (χ0n) is 14.2. The van der Waals surface area contributed by atoms with Crippen LogP contribution < -0.4 is 5.32 Å². The normalized spacial score (nSPS) is 22.6. The lowest BCUT2D eigenvalue weighted by Gasteiger charge is -2.28. The van der Waals surface area contributed by atoms with Crippen LogP contribution in [0.4, 0.5) is 4.79 Å². The number of nitrogens with one attached hydrogen (secondary N) is 1. The molecular formula is C16H27N3O3. The van der Waals surface area contributed by atoms with E-state index in [4.69, 9.17) is 9.15 Å². The van der Waals surface area contributed by atoms with Crippen molar-refractivity contribution in [3.63, 3.8) is 0 Å². The van der Waals surface area contributed by atoms with Crippen LogP contribution in [0, 0.1) is 0 Å². The number of carbonyl (C=O) groups is 1. The maximum absolute atomic E-state index is 11.8. The maximum Gasteiger partial charge on any atom is 0.407 e. The molecule has 1 heterocycles. The van der Waals surface area contributed by atoms with E-state index in [2.05, 4.69) is 15.5 Å². The van der Waals surface area contributed by atoms with Gasteiger partial charge in [-0.2, -0.15) is 0 Å². The van der Waals surface area contributed by atoms with E-state index in [1.54, 1.807) is 0 Å². The molecule has 1 aliphatic rings. The van der Waals surface area contributed by atoms with E-state index >= 15 is 0 Å². The van der Waals surface area contributed by atoms with E-state index in [-0.39, 0.29) is 18.1 Å². The summed E-state index contributed by atoms with van der Waals surface area (Å²) < 4.78 is 11.0. The Bertz CT molecular complexity index is 497. The number of aromatic nitrogens is 2. The summed E-state index contributed by atoms with van der Waals surface area (Å²) in [4.78, 5) is 11.8. The van der Waals surface area contributed by atoms with E-state index in [9.17, 15) is 4.79 Å². The van der Waals surface area contributed by atoms with E-state index in [0.29, 0.717) is 11.8 Å². The molecule has 1 aromatic heterocycles. The highest BCUT2D eigenvalue weighted by atomic mass is 16.6. The molecule has 0 aliphatic heterocycles. The molecule has 0 saturated heterocycles. The zero-order chi connectivity index (χ0) is 16.3. The van der Waals surface area contributed by atoms with Crippen LogP contribution in [0.3, 0.4) is 0 Å². The minimum atomic E-state index is -0.460. The predicted octanol–water partition coefficient (Wildman–Crippen LogP) is 3.74. The fraction of sp³-hybridized carbons (Fsp3) is 0.812. The van der Waals surface area contributed by atoms with Gasteiger partial charge in [0, 0.05) is 17.9 Å². The van der Waals surface area contributed by atoms with Crippen molar-refractivity contribution in [2.24, 2.45) is 0 Å². The van der Waals surface area contributed by atoms with Crippen molar-refractivity contribution in [2.75, 3.05) is 0 Å². The van der Waals surface area contributed by atoms with Crippen molar-refractivity contribution < 1.29 is 13.9 Å². The Hall–Kier alpha value is -1.59. The number of hydrogen-bond acceptors (Lipinski definition) is 5. The Morgan fingerprint density at radius 2 is 1.86 bits per heavy atom. The minimum Gasteiger partial charge on any atom is -0.444 e. The van der Waals surface area contributed by atoms with Gasteiger partial charge in [-0.05, 0) is 46.5 Å². The third-order valence-corrected chi connectivity index (χ3v) is 3.75. The van der Waals surface area contributed by atoms with Gasteiger partial charge < -0.3 is 14.5 Å². The molecule has 1 aliphatic carbocycles. The van der Waals surface area contributed by atoms with Gasteiger partial charge in [-0.15, -0.1) is 10.2 Å². The third-order valence-electron chi connectivity index (χ3n) is 3.75. The summed E-state index contributed by atoms with van der Waals surface area (Å²) in [6.45, 7) is 9.68. The van der Waals surface area contributed by atoms with Crippen molar-refractivity contribution in [2.45, 2.75) is 83.8 Å². The van der Waals surface area contributed by atoms with Crippen LogP contribution in [-0.2, 0) is 4.74 Å². The summed E-state index contributed by atoms with van der Waals surface area (Å²) in [7, 11) is 0. The summed E-state index contributed by atoms with van der Waals surface area (Å²) in [5.74, 6) is 1.99. The monoisotopic (exact) mass is 309 g/mol. The number of alkyl carbamates (subject to hydrolysis) is 1. The first-order valence-corrected chi connectivity index (χ1v) is 8.07. The number of ether oxygens (including phenoxy) is 1. The second kappa shape index (κ2) is 6.67. The SMILES string of the molecule is CC(C)c1nnc([C@H]2CC[C@H](NC(=O)OC(C)(C)C)CC2)o1. The van der Waals surface area contributed by atoms with Gasteiger partial charge in [0.25, 0.3) is 0 Å². The quantitative estimate of drug-likeness (QED) is 0.920. The van der Waals surface area contributed by atoms with Gasteiger partial charge in [-0.3, -0.25) is 0 Å². The number of hydrogen-bond donors (Lipinski definition) is 1. The molecule has 6 heteroatoms. The van der Waals surface area contributed by atoms with Gasteiger partial charge >= 0.3 is 6.09 Å². The zero-order valence-corrected chi connectivity index (χ0v) is 14.2. The fourth-order valence-corrected chi connectivity index (χ4v) is 2.60. The molecule has 2 rings (SSSR count). The number of amides is 1. The van der Waals surface area contributed by atoms with Gasteiger partial charge in [0.15, 0.2) is 0 Å². The van der Waals surface area contributed by atoms with Gasteiger partial charge in [-0.1, -0.05) is 13.8 Å². The molecular weight excluding hydrogens is 282 g/mol. The molecule has 0 spiro atoms. The lowest BCUT2D eigenvalue weighted by molar-refractivity contribution is 0.0490. The third kappa shape index (κ3) is 4.71. The smallest absolute Gasteiger partial charge is 0.407 e. The number of rotatable bonds is 3. The Balaban J connectivity index is 1.81. The topological polar surface area (TPSA) is 77.2 Å². The molecule has 1 amide bonds. The minimum absolute atomic E-state index is 0.165. The van der Waals surface area contributed by atoms with Crippen molar-refractivity contribution in [3.05, 3.63) is 11.8 Å². The fourth-order valence-electron chi connectivity index (χ4n) is 2.60. The van der Waals surface area contributed by atoms with Crippen LogP contribution >= 0.6 is 0 Å². The molecule has 124 valence electrons. The Kier molecular flexibility index (Phi) is 5.08. The highest BCUT2D eigenvalue weighted by Crippen LogP contribution is 2.32. The summed E-state index contributed by atoms with van der Waals surface area (Å²) >= 11 is 0. The standard InChI is InChI=1S/C16H27N3O3/c1-10(2)13-18-19-14(21-13)11-6-8-12(9-7-11)17-15(20)22-16(3,4)5/h10-12H,6-9H2,1-5H3,(H,17,20)/t11-,12-. The second-order valence-electron chi connectivity index (χ2n) is 7.33. The molecule has 1 fully saturated rings. The van der Waals surface area contributed by atoms with Crippen molar-refractivity contribution in [3.8, 4) is 0 Å². The van der Waals surface area contributed by atoms with Crippen LogP contribution in [0.1, 0.15) is 83.9 Å². The van der Waals surface area contributed by atoms with Gasteiger partial charge in [0.05, 0.1) is 0 Å². The summed E-state index contributed by atoms with van der Waals surface area (Å²) in [6.07, 6.45) is 3.36. The molecule has 0 radical (unpaired) electrons. The molecule has 0 aromatic carbocycles. The lowest BCUT2D eigenvalue weighted by Crippen LogP contribution is -2.40. The van der Waals surface area contributed by atoms with E-state index in [0.717, 1.165) is 31.6 Å². The molecule has 6 nitrogen and oxygen atoms in total. The number of nitrogens with zero attached hydrogens (tertiary/aromatic N) is 2. The first kappa shape index (κ1) is 16.8. The average Bonchev–Trinajstić information content (AvgIpc) is 2.87. The number of carbonyl (C=O) groups excluding carboxylic acids is 1. The largest absolute Gasteiger partial charge is 0.444 e. The van der Waals surface area contributed by atoms with Gasteiger partial charge in [-0.25, -0.2) is 4.79 Å². The first-order chi connectivity index (χ1) is 10.2. The highest BCUT2D eigenvalue weighted by Gasteiger charge is 2.28. The molecule has 1 saturated carbocycles. The molecule has 1 N–H and O–H groups in total. The van der Waals surface area contributed by atoms with Crippen LogP contribution in [0.15, 0.2) is 4.42 Å². The molecule has 1 aromatic rings. The van der Waals surface area contributed by atoms with Gasteiger partial charge in [0.1, 0.15) is 5.60 Å². The molecule has 0 unspecified atom stereocenters. The average molecular weight is 309 g/mol. The molecule has 0 atom stereocenters. The molecule has 0 bridgehead atoms. The maximum atomic E-state index is 11.8. The first-order valence-electron chi connectivity index (χ1n) is 8.07. The Morgan fingerprint density at radius 1 is 1.23 bits per heavy atom. The van der Waals surface area contributed by atoms with Crippen molar-refractivity contribution in [1.29, 1.82) is 0 Å². The van der Waals surface area contributed by atoms with E-state index in [1.807, 2.05) is 34.6 Å². The van der Waals surface area contributed by atoms with Crippen LogP contribution in [0.25, 0.3) is 0 Å². The van der Waals surface area contributed by atoms with Crippen molar-refractivity contribution >= 4 is 6.09 Å². The van der Waals surface area contributed by atoms with Crippen LogP contribution in [0.5, 0.6) is 0 Å². The lowest BCUT2D eigenvalue weighted by atomic mass is 9.86. The van der Waals surface area contributed by atoms with Crippen LogP contribution in [-0.4, -0.2) is 27.9 Å².